The lowest BCUT2D eigenvalue weighted by atomic mass is 9.74. The van der Waals surface area contributed by atoms with Crippen LogP contribution < -0.4 is 14.8 Å². The molecule has 0 saturated carbocycles. The summed E-state index contributed by atoms with van der Waals surface area (Å²) in [6.45, 7) is 8.31. The highest BCUT2D eigenvalue weighted by molar-refractivity contribution is 5.95. The van der Waals surface area contributed by atoms with Crippen LogP contribution in [0.4, 0.5) is 0 Å². The van der Waals surface area contributed by atoms with E-state index in [-0.39, 0.29) is 24.0 Å². The monoisotopic (exact) mass is 461 g/mol. The molecular weight excluding hydrogens is 430 g/mol. The predicted octanol–water partition coefficient (Wildman–Crippen LogP) is 4.51. The molecule has 1 N–H and O–H groups in total. The first-order chi connectivity index (χ1) is 16.5. The van der Waals surface area contributed by atoms with Crippen molar-refractivity contribution in [3.05, 3.63) is 71.0 Å². The molecule has 1 aromatic heterocycles. The fourth-order valence-electron chi connectivity index (χ4n) is 4.88. The Bertz CT molecular complexity index is 1180. The van der Waals surface area contributed by atoms with E-state index < -0.39 is 0 Å². The zero-order valence-electron chi connectivity index (χ0n) is 20.0. The number of carbonyl (C=O) groups is 1. The molecule has 2 aliphatic rings. The summed E-state index contributed by atoms with van der Waals surface area (Å²) in [5.74, 6) is 1.56. The Balaban J connectivity index is 1.40. The number of benzene rings is 2. The average Bonchev–Trinajstić information content (AvgIpc) is 3.50. The number of hydrogen-bond donors (Lipinski definition) is 1. The van der Waals surface area contributed by atoms with Gasteiger partial charge in [-0.2, -0.15) is 5.10 Å². The third-order valence-corrected chi connectivity index (χ3v) is 6.90. The van der Waals surface area contributed by atoms with Crippen molar-refractivity contribution >= 4 is 5.91 Å². The van der Waals surface area contributed by atoms with Gasteiger partial charge in [0.15, 0.2) is 11.5 Å². The zero-order chi connectivity index (χ0) is 23.7. The third kappa shape index (κ3) is 4.16. The molecule has 178 valence electrons. The van der Waals surface area contributed by atoms with E-state index in [1.165, 1.54) is 5.56 Å². The van der Waals surface area contributed by atoms with Crippen LogP contribution in [0.3, 0.4) is 0 Å². The number of aryl methyl sites for hydroxylation is 1. The fraction of sp³-hybridized carbons (Fsp3) is 0.407. The first-order valence-corrected chi connectivity index (χ1v) is 11.9. The molecule has 1 fully saturated rings. The largest absolute Gasteiger partial charge is 0.454 e. The Kier molecular flexibility index (Phi) is 6.04. The lowest BCUT2D eigenvalue weighted by Gasteiger charge is -2.38. The molecule has 1 amide bonds. The number of amides is 1. The maximum atomic E-state index is 13.4. The number of carbonyl (C=O) groups excluding carboxylic acids is 1. The summed E-state index contributed by atoms with van der Waals surface area (Å²) < 4.78 is 18.6. The second kappa shape index (κ2) is 9.14. The van der Waals surface area contributed by atoms with Crippen LogP contribution in [-0.4, -0.2) is 42.2 Å². The molecule has 0 radical (unpaired) electrons. The maximum Gasteiger partial charge on any atom is 0.254 e. The number of nitrogens with zero attached hydrogens (tertiary/aromatic N) is 2. The molecular formula is C27H31N3O4. The molecule has 0 aliphatic carbocycles. The Hall–Kier alpha value is -3.32. The molecule has 0 atom stereocenters. The van der Waals surface area contributed by atoms with E-state index in [4.69, 9.17) is 14.2 Å². The van der Waals surface area contributed by atoms with Crippen molar-refractivity contribution in [3.63, 3.8) is 0 Å². The van der Waals surface area contributed by atoms with E-state index in [0.29, 0.717) is 25.3 Å². The Morgan fingerprint density at radius 2 is 1.82 bits per heavy atom. The van der Waals surface area contributed by atoms with E-state index in [1.807, 2.05) is 22.9 Å². The van der Waals surface area contributed by atoms with Crippen LogP contribution in [0.15, 0.2) is 48.7 Å². The highest BCUT2D eigenvalue weighted by Gasteiger charge is 2.36. The molecule has 2 aliphatic heterocycles. The summed E-state index contributed by atoms with van der Waals surface area (Å²) in [4.78, 5) is 13.4. The molecule has 1 saturated heterocycles. The van der Waals surface area contributed by atoms with Gasteiger partial charge in [-0.05, 0) is 55.5 Å². The number of hydrogen-bond acceptors (Lipinski definition) is 5. The smallest absolute Gasteiger partial charge is 0.254 e. The van der Waals surface area contributed by atoms with Crippen molar-refractivity contribution < 1.29 is 19.0 Å². The minimum absolute atomic E-state index is 0.103. The quantitative estimate of drug-likeness (QED) is 0.585. The van der Waals surface area contributed by atoms with Gasteiger partial charge in [-0.15, -0.1) is 0 Å². The van der Waals surface area contributed by atoms with E-state index in [1.54, 1.807) is 6.20 Å². The molecule has 7 heteroatoms. The minimum atomic E-state index is -0.222. The standard InChI is InChI=1S/C27H31N3O4/c1-18(2)25-22(15-29-30(25)21-7-4-19(3)5-8-21)26(31)28-16-27(10-12-32-13-11-27)20-6-9-23-24(14-20)34-17-33-23/h4-9,14-15,18H,10-13,16-17H2,1-3H3,(H,28,31). The van der Waals surface area contributed by atoms with Crippen LogP contribution in [-0.2, 0) is 10.2 Å². The number of rotatable bonds is 6. The SMILES string of the molecule is Cc1ccc(-n2ncc(C(=O)NCC3(c4ccc5c(c4)OCO5)CCOCC3)c2C(C)C)cc1. The highest BCUT2D eigenvalue weighted by Crippen LogP contribution is 2.40. The van der Waals surface area contributed by atoms with Crippen LogP contribution >= 0.6 is 0 Å². The first kappa shape index (κ1) is 22.5. The molecule has 3 aromatic rings. The van der Waals surface area contributed by atoms with Crippen molar-refractivity contribution in [2.75, 3.05) is 26.6 Å². The molecule has 7 nitrogen and oxygen atoms in total. The summed E-state index contributed by atoms with van der Waals surface area (Å²) in [7, 11) is 0. The van der Waals surface area contributed by atoms with Crippen molar-refractivity contribution in [2.45, 2.75) is 44.9 Å². The Morgan fingerprint density at radius 3 is 2.56 bits per heavy atom. The predicted molar refractivity (Wildman–Crippen MR) is 129 cm³/mol. The van der Waals surface area contributed by atoms with E-state index >= 15 is 0 Å². The van der Waals surface area contributed by atoms with E-state index in [0.717, 1.165) is 41.3 Å². The summed E-state index contributed by atoms with van der Waals surface area (Å²) in [6, 6.07) is 14.3. The second-order valence-corrected chi connectivity index (χ2v) is 9.49. The van der Waals surface area contributed by atoms with Gasteiger partial charge in [0.2, 0.25) is 6.79 Å². The van der Waals surface area contributed by atoms with Gasteiger partial charge in [-0.25, -0.2) is 4.68 Å². The van der Waals surface area contributed by atoms with Crippen molar-refractivity contribution in [1.29, 1.82) is 0 Å². The molecule has 0 bridgehead atoms. The van der Waals surface area contributed by atoms with Gasteiger partial charge in [0.05, 0.1) is 23.1 Å². The van der Waals surface area contributed by atoms with Crippen molar-refractivity contribution in [2.24, 2.45) is 0 Å². The van der Waals surface area contributed by atoms with Gasteiger partial charge in [-0.1, -0.05) is 37.6 Å². The summed E-state index contributed by atoms with van der Waals surface area (Å²) in [5.41, 5.74) is 4.58. The number of nitrogens with one attached hydrogen (secondary N) is 1. The van der Waals surface area contributed by atoms with Crippen LogP contribution in [0.2, 0.25) is 0 Å². The van der Waals surface area contributed by atoms with Crippen LogP contribution in [0, 0.1) is 6.92 Å². The lowest BCUT2D eigenvalue weighted by molar-refractivity contribution is 0.0486. The van der Waals surface area contributed by atoms with Crippen LogP contribution in [0.25, 0.3) is 5.69 Å². The summed E-state index contributed by atoms with van der Waals surface area (Å²) >= 11 is 0. The van der Waals surface area contributed by atoms with Crippen LogP contribution in [0.5, 0.6) is 11.5 Å². The topological polar surface area (TPSA) is 74.6 Å². The molecule has 3 heterocycles. The number of fused-ring (bicyclic) bond motifs is 1. The maximum absolute atomic E-state index is 13.4. The number of ether oxygens (including phenoxy) is 3. The Morgan fingerprint density at radius 1 is 1.09 bits per heavy atom. The van der Waals surface area contributed by atoms with E-state index in [2.05, 4.69) is 55.5 Å². The lowest BCUT2D eigenvalue weighted by Crippen LogP contribution is -2.44. The van der Waals surface area contributed by atoms with Gasteiger partial charge >= 0.3 is 0 Å². The molecule has 0 spiro atoms. The van der Waals surface area contributed by atoms with Crippen molar-refractivity contribution in [1.82, 2.24) is 15.1 Å². The second-order valence-electron chi connectivity index (χ2n) is 9.49. The van der Waals surface area contributed by atoms with Crippen LogP contribution in [0.1, 0.15) is 59.8 Å². The first-order valence-electron chi connectivity index (χ1n) is 11.9. The van der Waals surface area contributed by atoms with Gasteiger partial charge in [-0.3, -0.25) is 4.79 Å². The summed E-state index contributed by atoms with van der Waals surface area (Å²) in [6.07, 6.45) is 3.33. The minimum Gasteiger partial charge on any atom is -0.454 e. The molecule has 5 rings (SSSR count). The zero-order valence-corrected chi connectivity index (χ0v) is 20.0. The Labute approximate surface area is 200 Å². The molecule has 2 aromatic carbocycles. The van der Waals surface area contributed by atoms with Crippen molar-refractivity contribution in [3.8, 4) is 17.2 Å². The molecule has 0 unspecified atom stereocenters. The normalized spacial score (nSPS) is 16.6. The highest BCUT2D eigenvalue weighted by atomic mass is 16.7. The summed E-state index contributed by atoms with van der Waals surface area (Å²) in [5, 5.41) is 7.80. The number of aromatic nitrogens is 2. The molecule has 34 heavy (non-hydrogen) atoms. The van der Waals surface area contributed by atoms with Gasteiger partial charge in [0.25, 0.3) is 5.91 Å². The fourth-order valence-corrected chi connectivity index (χ4v) is 4.88. The van der Waals surface area contributed by atoms with Gasteiger partial charge < -0.3 is 19.5 Å². The average molecular weight is 462 g/mol. The van der Waals surface area contributed by atoms with Gasteiger partial charge in [0.1, 0.15) is 0 Å². The van der Waals surface area contributed by atoms with Gasteiger partial charge in [0, 0.05) is 25.2 Å². The third-order valence-electron chi connectivity index (χ3n) is 6.90. The van der Waals surface area contributed by atoms with E-state index in [9.17, 15) is 4.79 Å².